The third kappa shape index (κ3) is 6.24. The van der Waals surface area contributed by atoms with E-state index in [1.165, 1.54) is 19.2 Å². The van der Waals surface area contributed by atoms with Crippen LogP contribution in [0.25, 0.3) is 0 Å². The molecule has 9 heteroatoms. The van der Waals surface area contributed by atoms with Gasteiger partial charge in [-0.15, -0.1) is 35.3 Å². The van der Waals surface area contributed by atoms with Gasteiger partial charge in [-0.25, -0.2) is 4.79 Å². The number of halogens is 1. The van der Waals surface area contributed by atoms with E-state index in [1.54, 1.807) is 30.5 Å². The molecule has 3 rings (SSSR count). The van der Waals surface area contributed by atoms with Crippen LogP contribution in [0.5, 0.6) is 5.75 Å². The fourth-order valence-corrected chi connectivity index (χ4v) is 4.19. The molecule has 1 aromatic heterocycles. The van der Waals surface area contributed by atoms with Gasteiger partial charge in [0.15, 0.2) is 5.96 Å². The van der Waals surface area contributed by atoms with Crippen molar-refractivity contribution < 1.29 is 14.3 Å². The molecule has 30 heavy (non-hydrogen) atoms. The van der Waals surface area contributed by atoms with Gasteiger partial charge < -0.3 is 25.0 Å². The lowest BCUT2D eigenvalue weighted by Crippen LogP contribution is -2.48. The van der Waals surface area contributed by atoms with E-state index in [0.717, 1.165) is 37.5 Å². The van der Waals surface area contributed by atoms with Crippen LogP contribution in [0.4, 0.5) is 5.00 Å². The first-order valence-electron chi connectivity index (χ1n) is 9.65. The molecular formula is C21H29IN4O3S. The zero-order chi connectivity index (χ0) is 20.6. The molecule has 0 saturated carbocycles. The highest BCUT2D eigenvalue weighted by molar-refractivity contribution is 14.0. The van der Waals surface area contributed by atoms with Gasteiger partial charge in [-0.3, -0.25) is 4.99 Å². The molecular weight excluding hydrogens is 515 g/mol. The molecule has 1 aromatic carbocycles. The molecule has 0 unspecified atom stereocenters. The van der Waals surface area contributed by atoms with Crippen LogP contribution >= 0.6 is 35.3 Å². The summed E-state index contributed by atoms with van der Waals surface area (Å²) in [4.78, 5) is 18.7. The van der Waals surface area contributed by atoms with E-state index in [-0.39, 0.29) is 24.0 Å². The Balaban J connectivity index is 0.00000320. The normalized spacial score (nSPS) is 14.6. The fraction of sp³-hybridized carbons (Fsp3) is 0.429. The van der Waals surface area contributed by atoms with E-state index >= 15 is 0 Å². The SMILES string of the molecule is CN=C(NCc1ccc(OC)c(C(=O)OC)c1)NC1CCN(c2cccs2)CC1.I. The largest absolute Gasteiger partial charge is 0.496 e. The van der Waals surface area contributed by atoms with Crippen LogP contribution in [0.15, 0.2) is 40.7 Å². The molecule has 0 aliphatic carbocycles. The zero-order valence-corrected chi connectivity index (χ0v) is 20.7. The quantitative estimate of drug-likeness (QED) is 0.251. The number of piperidine rings is 1. The lowest BCUT2D eigenvalue weighted by atomic mass is 10.1. The van der Waals surface area contributed by atoms with Gasteiger partial charge in [0.2, 0.25) is 0 Å². The number of thiophene rings is 1. The van der Waals surface area contributed by atoms with E-state index in [0.29, 0.717) is 23.9 Å². The molecule has 164 valence electrons. The fourth-order valence-electron chi connectivity index (χ4n) is 3.40. The minimum atomic E-state index is -0.413. The highest BCUT2D eigenvalue weighted by Crippen LogP contribution is 2.25. The van der Waals surface area contributed by atoms with Crippen LogP contribution in [-0.2, 0) is 11.3 Å². The number of ether oxygens (including phenoxy) is 2. The van der Waals surface area contributed by atoms with Gasteiger partial charge in [-0.05, 0) is 48.1 Å². The molecule has 0 radical (unpaired) electrons. The van der Waals surface area contributed by atoms with Crippen molar-refractivity contribution in [3.8, 4) is 5.75 Å². The van der Waals surface area contributed by atoms with E-state index in [9.17, 15) is 4.79 Å². The summed E-state index contributed by atoms with van der Waals surface area (Å²) >= 11 is 1.79. The average Bonchev–Trinajstić information content (AvgIpc) is 3.31. The molecule has 1 aliphatic rings. The molecule has 0 bridgehead atoms. The third-order valence-corrected chi connectivity index (χ3v) is 5.94. The summed E-state index contributed by atoms with van der Waals surface area (Å²) in [5, 5.41) is 10.3. The first kappa shape index (κ1) is 24.3. The van der Waals surface area contributed by atoms with Gasteiger partial charge in [0, 0.05) is 32.7 Å². The van der Waals surface area contributed by atoms with E-state index < -0.39 is 5.97 Å². The van der Waals surface area contributed by atoms with Crippen molar-refractivity contribution in [3.05, 3.63) is 46.8 Å². The highest BCUT2D eigenvalue weighted by atomic mass is 127. The van der Waals surface area contributed by atoms with Crippen molar-refractivity contribution in [2.75, 3.05) is 39.3 Å². The molecule has 2 N–H and O–H groups in total. The van der Waals surface area contributed by atoms with E-state index in [4.69, 9.17) is 9.47 Å². The Bertz CT molecular complexity index is 837. The average molecular weight is 544 g/mol. The Labute approximate surface area is 198 Å². The maximum atomic E-state index is 12.0. The predicted octanol–water partition coefficient (Wildman–Crippen LogP) is 3.50. The van der Waals surface area contributed by atoms with Crippen LogP contribution in [0.3, 0.4) is 0 Å². The van der Waals surface area contributed by atoms with Crippen LogP contribution in [0.1, 0.15) is 28.8 Å². The number of hydrogen-bond acceptors (Lipinski definition) is 6. The van der Waals surface area contributed by atoms with Crippen molar-refractivity contribution in [2.45, 2.75) is 25.4 Å². The van der Waals surface area contributed by atoms with Gasteiger partial charge >= 0.3 is 5.97 Å². The maximum Gasteiger partial charge on any atom is 0.341 e. The number of esters is 1. The molecule has 1 fully saturated rings. The number of aliphatic imine (C=N–C) groups is 1. The number of rotatable bonds is 6. The summed E-state index contributed by atoms with van der Waals surface area (Å²) < 4.78 is 10.1. The minimum absolute atomic E-state index is 0. The van der Waals surface area contributed by atoms with Crippen molar-refractivity contribution in [1.82, 2.24) is 10.6 Å². The number of carbonyl (C=O) groups is 1. The highest BCUT2D eigenvalue weighted by Gasteiger charge is 2.21. The third-order valence-electron chi connectivity index (χ3n) is 5.01. The molecule has 0 spiro atoms. The Hall–Kier alpha value is -2.01. The Morgan fingerprint density at radius 3 is 2.63 bits per heavy atom. The van der Waals surface area contributed by atoms with Crippen molar-refractivity contribution in [1.29, 1.82) is 0 Å². The predicted molar refractivity (Wildman–Crippen MR) is 133 cm³/mol. The summed E-state index contributed by atoms with van der Waals surface area (Å²) in [5.74, 6) is 0.847. The van der Waals surface area contributed by atoms with Crippen molar-refractivity contribution >= 4 is 52.2 Å². The molecule has 0 amide bonds. The van der Waals surface area contributed by atoms with Gasteiger partial charge in [0.05, 0.1) is 19.2 Å². The molecule has 0 atom stereocenters. The number of carbonyl (C=O) groups excluding carboxylic acids is 1. The Morgan fingerprint density at radius 2 is 2.03 bits per heavy atom. The van der Waals surface area contributed by atoms with Gasteiger partial charge in [-0.1, -0.05) is 6.07 Å². The first-order chi connectivity index (χ1) is 14.1. The van der Waals surface area contributed by atoms with E-state index in [2.05, 4.69) is 38.0 Å². The summed E-state index contributed by atoms with van der Waals surface area (Å²) in [6.45, 7) is 2.62. The molecule has 2 aromatic rings. The van der Waals surface area contributed by atoms with Gasteiger partial charge in [0.1, 0.15) is 11.3 Å². The number of anilines is 1. The number of hydrogen-bond donors (Lipinski definition) is 2. The summed E-state index contributed by atoms with van der Waals surface area (Å²) in [5.41, 5.74) is 1.36. The van der Waals surface area contributed by atoms with Crippen LogP contribution in [0, 0.1) is 0 Å². The smallest absolute Gasteiger partial charge is 0.341 e. The zero-order valence-electron chi connectivity index (χ0n) is 17.5. The second-order valence-corrected chi connectivity index (χ2v) is 7.74. The molecule has 1 saturated heterocycles. The van der Waals surface area contributed by atoms with Crippen LogP contribution < -0.4 is 20.3 Å². The number of guanidine groups is 1. The van der Waals surface area contributed by atoms with Crippen molar-refractivity contribution in [3.63, 3.8) is 0 Å². The lowest BCUT2D eigenvalue weighted by molar-refractivity contribution is 0.0597. The first-order valence-corrected chi connectivity index (χ1v) is 10.5. The minimum Gasteiger partial charge on any atom is -0.496 e. The molecule has 2 heterocycles. The lowest BCUT2D eigenvalue weighted by Gasteiger charge is -2.33. The second kappa shape index (κ2) is 12.0. The topological polar surface area (TPSA) is 75.2 Å². The summed E-state index contributed by atoms with van der Waals surface area (Å²) in [6, 6.07) is 10.1. The molecule has 7 nitrogen and oxygen atoms in total. The Kier molecular flexibility index (Phi) is 9.70. The van der Waals surface area contributed by atoms with Gasteiger partial charge in [-0.2, -0.15) is 0 Å². The summed E-state index contributed by atoms with van der Waals surface area (Å²) in [6.07, 6.45) is 2.13. The number of methoxy groups -OCH3 is 2. The number of nitrogens with one attached hydrogen (secondary N) is 2. The van der Waals surface area contributed by atoms with E-state index in [1.807, 2.05) is 6.07 Å². The van der Waals surface area contributed by atoms with Crippen LogP contribution in [-0.4, -0.2) is 52.3 Å². The number of nitrogens with zero attached hydrogens (tertiary/aromatic N) is 2. The second-order valence-electron chi connectivity index (χ2n) is 6.81. The number of benzene rings is 1. The van der Waals surface area contributed by atoms with Crippen LogP contribution in [0.2, 0.25) is 0 Å². The monoisotopic (exact) mass is 544 g/mol. The summed E-state index contributed by atoms with van der Waals surface area (Å²) in [7, 11) is 4.67. The van der Waals surface area contributed by atoms with Crippen molar-refractivity contribution in [2.24, 2.45) is 4.99 Å². The standard InChI is InChI=1S/C21H28N4O3S.HI/c1-22-21(24-16-8-10-25(11-9-16)19-5-4-12-29-19)23-14-15-6-7-18(27-2)17(13-15)20(26)28-3;/h4-7,12-13,16H,8-11,14H2,1-3H3,(H2,22,23,24);1H. The van der Waals surface area contributed by atoms with Gasteiger partial charge in [0.25, 0.3) is 0 Å². The Morgan fingerprint density at radius 1 is 1.27 bits per heavy atom. The molecule has 1 aliphatic heterocycles. The maximum absolute atomic E-state index is 12.0.